The standard InChI is InChI=1S/C31H43N5O8S/c1-33-19-26(30(39)34(2)31(33)40)45(41,42)35-16-21-14-23(18-35)24-8-5-9-27(37)32-12-6-7-22-13-20(10-11-28(38)36(24)17-21)15-25(43-3)29(22)44-4/h13,15,19,21,23-24H,5-12,14,16-18H2,1-4H3,(H,32,37)/t21-,23-,24-/m0/s1. The van der Waals surface area contributed by atoms with Gasteiger partial charge in [-0.15, -0.1) is 0 Å². The average molecular weight is 646 g/mol. The number of nitrogens with zero attached hydrogens (tertiary/aromatic N) is 4. The van der Waals surface area contributed by atoms with Gasteiger partial charge in [0.05, 0.1) is 14.2 Å². The molecule has 2 saturated heterocycles. The number of hydrogen-bond acceptors (Lipinski definition) is 8. The molecule has 4 heterocycles. The highest BCUT2D eigenvalue weighted by Gasteiger charge is 2.45. The molecule has 3 aliphatic heterocycles. The largest absolute Gasteiger partial charge is 0.493 e. The molecular formula is C31H43N5O8S. The number of aromatic nitrogens is 2. The summed E-state index contributed by atoms with van der Waals surface area (Å²) >= 11 is 0. The number of piperidine rings is 2. The van der Waals surface area contributed by atoms with E-state index in [0.717, 1.165) is 39.3 Å². The number of carbonyl (C=O) groups excluding carboxylic acids is 2. The maximum Gasteiger partial charge on any atom is 0.330 e. The van der Waals surface area contributed by atoms with Crippen molar-refractivity contribution in [1.82, 2.24) is 23.7 Å². The molecule has 14 heteroatoms. The van der Waals surface area contributed by atoms with Crippen LogP contribution in [0.2, 0.25) is 0 Å². The van der Waals surface area contributed by atoms with Crippen LogP contribution in [-0.2, 0) is 46.5 Å². The maximum absolute atomic E-state index is 13.8. The lowest BCUT2D eigenvalue weighted by atomic mass is 9.78. The zero-order valence-electron chi connectivity index (χ0n) is 26.4. The molecule has 0 unspecified atom stereocenters. The van der Waals surface area contributed by atoms with Gasteiger partial charge in [0.15, 0.2) is 16.4 Å². The Morgan fingerprint density at radius 2 is 1.69 bits per heavy atom. The van der Waals surface area contributed by atoms with Crippen molar-refractivity contribution >= 4 is 21.8 Å². The summed E-state index contributed by atoms with van der Waals surface area (Å²) in [6, 6.07) is 3.68. The first-order valence-corrected chi connectivity index (χ1v) is 16.9. The average Bonchev–Trinajstić information content (AvgIpc) is 3.02. The van der Waals surface area contributed by atoms with Crippen molar-refractivity contribution < 1.29 is 27.5 Å². The number of sulfonamides is 1. The molecule has 1 aromatic carbocycles. The summed E-state index contributed by atoms with van der Waals surface area (Å²) in [6.07, 6.45) is 5.45. The smallest absolute Gasteiger partial charge is 0.330 e. The predicted molar refractivity (Wildman–Crippen MR) is 166 cm³/mol. The van der Waals surface area contributed by atoms with Gasteiger partial charge in [0.1, 0.15) is 0 Å². The van der Waals surface area contributed by atoms with E-state index in [-0.39, 0.29) is 49.2 Å². The van der Waals surface area contributed by atoms with Gasteiger partial charge in [0.25, 0.3) is 5.56 Å². The Morgan fingerprint density at radius 1 is 0.911 bits per heavy atom. The Kier molecular flexibility index (Phi) is 9.73. The fraction of sp³-hybridized carbons (Fsp3) is 0.613. The molecule has 13 nitrogen and oxygen atoms in total. The van der Waals surface area contributed by atoms with E-state index in [1.807, 2.05) is 17.0 Å². The van der Waals surface area contributed by atoms with Crippen LogP contribution < -0.4 is 26.0 Å². The fourth-order valence-electron chi connectivity index (χ4n) is 7.14. The van der Waals surface area contributed by atoms with Crippen LogP contribution in [0.25, 0.3) is 0 Å². The number of aryl methyl sites for hydroxylation is 3. The zero-order chi connectivity index (χ0) is 32.5. The van der Waals surface area contributed by atoms with Crippen LogP contribution in [0.1, 0.15) is 49.7 Å². The van der Waals surface area contributed by atoms with Gasteiger partial charge in [-0.25, -0.2) is 13.2 Å². The van der Waals surface area contributed by atoms with Crippen LogP contribution in [0.3, 0.4) is 0 Å². The van der Waals surface area contributed by atoms with E-state index >= 15 is 0 Å². The maximum atomic E-state index is 13.8. The fourth-order valence-corrected chi connectivity index (χ4v) is 8.87. The van der Waals surface area contributed by atoms with Crippen molar-refractivity contribution in [2.45, 2.75) is 62.3 Å². The number of ether oxygens (including phenoxy) is 2. The van der Waals surface area contributed by atoms with Crippen LogP contribution in [0, 0.1) is 11.8 Å². The molecule has 246 valence electrons. The van der Waals surface area contributed by atoms with Gasteiger partial charge in [-0.1, -0.05) is 6.07 Å². The third-order valence-corrected chi connectivity index (χ3v) is 11.2. The first-order chi connectivity index (χ1) is 21.4. The molecule has 45 heavy (non-hydrogen) atoms. The Hall–Kier alpha value is -3.65. The summed E-state index contributed by atoms with van der Waals surface area (Å²) in [4.78, 5) is 53.1. The monoisotopic (exact) mass is 645 g/mol. The highest BCUT2D eigenvalue weighted by Crippen LogP contribution is 2.38. The molecule has 0 radical (unpaired) electrons. The van der Waals surface area contributed by atoms with Gasteiger partial charge in [0, 0.05) is 65.4 Å². The van der Waals surface area contributed by atoms with E-state index in [9.17, 15) is 27.6 Å². The summed E-state index contributed by atoms with van der Waals surface area (Å²) in [7, 11) is 1.65. The second-order valence-electron chi connectivity index (χ2n) is 12.4. The third kappa shape index (κ3) is 6.67. The number of fused-ring (bicyclic) bond motifs is 6. The van der Waals surface area contributed by atoms with Crippen LogP contribution in [0.15, 0.2) is 32.8 Å². The minimum atomic E-state index is -4.20. The van der Waals surface area contributed by atoms with Gasteiger partial charge < -0.3 is 24.3 Å². The van der Waals surface area contributed by atoms with Crippen molar-refractivity contribution in [3.63, 3.8) is 0 Å². The Labute approximate surface area is 263 Å². The van der Waals surface area contributed by atoms with Crippen LogP contribution >= 0.6 is 0 Å². The molecule has 0 aliphatic carbocycles. The lowest BCUT2D eigenvalue weighted by Crippen LogP contribution is -2.60. The number of hydrogen-bond donors (Lipinski definition) is 1. The van der Waals surface area contributed by atoms with Crippen molar-refractivity contribution in [2.24, 2.45) is 25.9 Å². The quantitative estimate of drug-likeness (QED) is 0.514. The Balaban J connectivity index is 1.42. The van der Waals surface area contributed by atoms with Gasteiger partial charge in [-0.3, -0.25) is 19.0 Å². The molecule has 2 aromatic rings. The summed E-state index contributed by atoms with van der Waals surface area (Å²) in [6.45, 7) is 1.22. The molecule has 0 saturated carbocycles. The van der Waals surface area contributed by atoms with Crippen molar-refractivity contribution in [3.8, 4) is 11.5 Å². The highest BCUT2D eigenvalue weighted by atomic mass is 32.2. The molecule has 5 rings (SSSR count). The van der Waals surface area contributed by atoms with Crippen LogP contribution in [0.4, 0.5) is 0 Å². The van der Waals surface area contributed by atoms with E-state index in [2.05, 4.69) is 5.32 Å². The summed E-state index contributed by atoms with van der Waals surface area (Å²) in [5.74, 6) is 0.900. The molecule has 2 fully saturated rings. The summed E-state index contributed by atoms with van der Waals surface area (Å²) < 4.78 is 42.0. The lowest BCUT2D eigenvalue weighted by molar-refractivity contribution is -0.140. The molecule has 3 atom stereocenters. The van der Waals surface area contributed by atoms with Crippen molar-refractivity contribution in [1.29, 1.82) is 0 Å². The molecule has 1 aromatic heterocycles. The summed E-state index contributed by atoms with van der Waals surface area (Å²) in [5, 5.41) is 2.99. The van der Waals surface area contributed by atoms with E-state index < -0.39 is 26.2 Å². The number of amides is 2. The number of benzene rings is 1. The minimum absolute atomic E-state index is 0.00850. The predicted octanol–water partition coefficient (Wildman–Crippen LogP) is 0.804. The molecular weight excluding hydrogens is 602 g/mol. The van der Waals surface area contributed by atoms with E-state index in [1.54, 1.807) is 14.2 Å². The van der Waals surface area contributed by atoms with Crippen molar-refractivity contribution in [2.75, 3.05) is 40.4 Å². The molecule has 0 spiro atoms. The first kappa shape index (κ1) is 32.7. The summed E-state index contributed by atoms with van der Waals surface area (Å²) in [5.41, 5.74) is 0.445. The number of rotatable bonds is 4. The van der Waals surface area contributed by atoms with Gasteiger partial charge in [-0.2, -0.15) is 4.31 Å². The first-order valence-electron chi connectivity index (χ1n) is 15.5. The molecule has 3 aliphatic rings. The molecule has 2 amide bonds. The lowest BCUT2D eigenvalue weighted by Gasteiger charge is -2.50. The zero-order valence-corrected chi connectivity index (χ0v) is 27.2. The SMILES string of the molecule is COc1cc2cc(c1OC)CCCNC(=O)CCC[C@H]1[C@H]3C[C@H](CN1C(=O)CC2)CN(S(=O)(=O)c1cn(C)c(=O)n(C)c1=O)C3. The minimum Gasteiger partial charge on any atom is -0.493 e. The van der Waals surface area contributed by atoms with Crippen LogP contribution in [-0.4, -0.2) is 85.0 Å². The topological polar surface area (TPSA) is 149 Å². The molecule has 1 N–H and O–H groups in total. The van der Waals surface area contributed by atoms with Gasteiger partial charge in [0.2, 0.25) is 21.8 Å². The normalized spacial score (nSPS) is 23.6. The number of carbonyl (C=O) groups is 2. The highest BCUT2D eigenvalue weighted by molar-refractivity contribution is 7.89. The van der Waals surface area contributed by atoms with E-state index in [4.69, 9.17) is 9.47 Å². The van der Waals surface area contributed by atoms with Gasteiger partial charge in [-0.05, 0) is 67.6 Å². The van der Waals surface area contributed by atoms with E-state index in [0.29, 0.717) is 56.7 Å². The van der Waals surface area contributed by atoms with Crippen LogP contribution in [0.5, 0.6) is 11.5 Å². The number of nitrogens with one attached hydrogen (secondary N) is 1. The molecule has 4 bridgehead atoms. The second-order valence-corrected chi connectivity index (χ2v) is 14.3. The van der Waals surface area contributed by atoms with Gasteiger partial charge >= 0.3 is 5.69 Å². The second kappa shape index (κ2) is 13.4. The van der Waals surface area contributed by atoms with Crippen molar-refractivity contribution in [3.05, 3.63) is 50.3 Å². The Bertz CT molecular complexity index is 1680. The number of methoxy groups -OCH3 is 2. The third-order valence-electron chi connectivity index (χ3n) is 9.38. The van der Waals surface area contributed by atoms with E-state index in [1.165, 1.54) is 18.4 Å². The Morgan fingerprint density at radius 3 is 2.42 bits per heavy atom.